The minimum atomic E-state index is -0.704. The largest absolute Gasteiger partial charge is 0.469 e. The zero-order valence-electron chi connectivity index (χ0n) is 11.6. The SMILES string of the molecule is COC(=O)C1CN(CC(C)(O)C(C)C)CC1C. The average Bonchev–Trinajstić information content (AvgIpc) is 2.57. The first-order valence-corrected chi connectivity index (χ1v) is 6.30. The molecule has 100 valence electrons. The van der Waals surface area contributed by atoms with Crippen molar-refractivity contribution in [1.82, 2.24) is 4.90 Å². The molecule has 0 amide bonds. The molecule has 1 heterocycles. The highest BCUT2D eigenvalue weighted by Gasteiger charge is 2.38. The summed E-state index contributed by atoms with van der Waals surface area (Å²) in [4.78, 5) is 13.7. The number of nitrogens with zero attached hydrogens (tertiary/aromatic N) is 1. The van der Waals surface area contributed by atoms with Gasteiger partial charge in [0.2, 0.25) is 0 Å². The van der Waals surface area contributed by atoms with Crippen molar-refractivity contribution in [3.8, 4) is 0 Å². The fourth-order valence-electron chi connectivity index (χ4n) is 2.29. The van der Waals surface area contributed by atoms with E-state index in [4.69, 9.17) is 4.74 Å². The molecule has 4 heteroatoms. The van der Waals surface area contributed by atoms with Crippen LogP contribution in [0.25, 0.3) is 0 Å². The summed E-state index contributed by atoms with van der Waals surface area (Å²) in [5, 5.41) is 10.3. The minimum absolute atomic E-state index is 0.0528. The first-order valence-electron chi connectivity index (χ1n) is 6.30. The molecule has 1 N–H and O–H groups in total. The van der Waals surface area contributed by atoms with Gasteiger partial charge in [0.1, 0.15) is 0 Å². The van der Waals surface area contributed by atoms with Crippen LogP contribution in [0.4, 0.5) is 0 Å². The summed E-state index contributed by atoms with van der Waals surface area (Å²) in [6.07, 6.45) is 0. The molecule has 0 bridgehead atoms. The molecule has 1 saturated heterocycles. The fraction of sp³-hybridized carbons (Fsp3) is 0.923. The van der Waals surface area contributed by atoms with Crippen molar-refractivity contribution >= 4 is 5.97 Å². The van der Waals surface area contributed by atoms with Gasteiger partial charge in [-0.25, -0.2) is 0 Å². The fourth-order valence-corrected chi connectivity index (χ4v) is 2.29. The number of esters is 1. The van der Waals surface area contributed by atoms with Crippen molar-refractivity contribution in [2.45, 2.75) is 33.3 Å². The third-order valence-electron chi connectivity index (χ3n) is 3.98. The maximum absolute atomic E-state index is 11.6. The van der Waals surface area contributed by atoms with Gasteiger partial charge in [-0.05, 0) is 18.8 Å². The Balaban J connectivity index is 2.58. The van der Waals surface area contributed by atoms with E-state index in [1.165, 1.54) is 7.11 Å². The van der Waals surface area contributed by atoms with Gasteiger partial charge in [-0.1, -0.05) is 20.8 Å². The van der Waals surface area contributed by atoms with Crippen molar-refractivity contribution in [3.63, 3.8) is 0 Å². The molecule has 0 saturated carbocycles. The Labute approximate surface area is 104 Å². The summed E-state index contributed by atoms with van der Waals surface area (Å²) in [5.74, 6) is 0.313. The van der Waals surface area contributed by atoms with Crippen LogP contribution >= 0.6 is 0 Å². The number of hydrogen-bond acceptors (Lipinski definition) is 4. The van der Waals surface area contributed by atoms with Crippen molar-refractivity contribution < 1.29 is 14.6 Å². The lowest BCUT2D eigenvalue weighted by atomic mass is 9.92. The molecule has 0 spiro atoms. The second-order valence-electron chi connectivity index (χ2n) is 5.81. The topological polar surface area (TPSA) is 49.8 Å². The van der Waals surface area contributed by atoms with Gasteiger partial charge in [0, 0.05) is 19.6 Å². The molecular formula is C13H25NO3. The third-order valence-corrected chi connectivity index (χ3v) is 3.98. The van der Waals surface area contributed by atoms with Crippen LogP contribution < -0.4 is 0 Å². The lowest BCUT2D eigenvalue weighted by molar-refractivity contribution is -0.146. The number of likely N-dealkylation sites (tertiary alicyclic amines) is 1. The number of hydrogen-bond donors (Lipinski definition) is 1. The second-order valence-corrected chi connectivity index (χ2v) is 5.81. The van der Waals surface area contributed by atoms with E-state index in [-0.39, 0.29) is 17.8 Å². The maximum Gasteiger partial charge on any atom is 0.310 e. The van der Waals surface area contributed by atoms with Crippen LogP contribution in [-0.2, 0) is 9.53 Å². The van der Waals surface area contributed by atoms with E-state index in [0.717, 1.165) is 6.54 Å². The number of carbonyl (C=O) groups excluding carboxylic acids is 1. The van der Waals surface area contributed by atoms with Crippen LogP contribution in [0.1, 0.15) is 27.7 Å². The molecule has 0 aromatic carbocycles. The van der Waals surface area contributed by atoms with Crippen LogP contribution in [0, 0.1) is 17.8 Å². The van der Waals surface area contributed by atoms with E-state index in [9.17, 15) is 9.90 Å². The lowest BCUT2D eigenvalue weighted by Gasteiger charge is -2.32. The predicted octanol–water partition coefficient (Wildman–Crippen LogP) is 1.13. The van der Waals surface area contributed by atoms with Crippen molar-refractivity contribution in [2.75, 3.05) is 26.7 Å². The monoisotopic (exact) mass is 243 g/mol. The van der Waals surface area contributed by atoms with E-state index in [1.54, 1.807) is 0 Å². The second kappa shape index (κ2) is 5.36. The summed E-state index contributed by atoms with van der Waals surface area (Å²) in [7, 11) is 1.43. The molecule has 0 aliphatic carbocycles. The van der Waals surface area contributed by atoms with Crippen LogP contribution in [0.15, 0.2) is 0 Å². The lowest BCUT2D eigenvalue weighted by Crippen LogP contribution is -2.44. The van der Waals surface area contributed by atoms with Crippen molar-refractivity contribution in [2.24, 2.45) is 17.8 Å². The molecular weight excluding hydrogens is 218 g/mol. The Bertz CT molecular complexity index is 276. The highest BCUT2D eigenvalue weighted by molar-refractivity contribution is 5.73. The molecule has 17 heavy (non-hydrogen) atoms. The van der Waals surface area contributed by atoms with Crippen LogP contribution in [-0.4, -0.2) is 48.3 Å². The van der Waals surface area contributed by atoms with Gasteiger partial charge in [0.05, 0.1) is 18.6 Å². The summed E-state index contributed by atoms with van der Waals surface area (Å²) < 4.78 is 4.80. The molecule has 1 rings (SSSR count). The molecule has 1 fully saturated rings. The Morgan fingerprint density at radius 1 is 1.53 bits per heavy atom. The molecule has 0 radical (unpaired) electrons. The first-order chi connectivity index (χ1) is 7.77. The van der Waals surface area contributed by atoms with Gasteiger partial charge in [-0.3, -0.25) is 9.69 Å². The molecule has 3 unspecified atom stereocenters. The zero-order valence-corrected chi connectivity index (χ0v) is 11.6. The highest BCUT2D eigenvalue weighted by atomic mass is 16.5. The molecule has 0 aromatic heterocycles. The van der Waals surface area contributed by atoms with E-state index in [1.807, 2.05) is 20.8 Å². The number of rotatable bonds is 4. The standard InChI is InChI=1S/C13H25NO3/c1-9(2)13(4,16)8-14-6-10(3)11(7-14)12(15)17-5/h9-11,16H,6-8H2,1-5H3. The average molecular weight is 243 g/mol. The number of methoxy groups -OCH3 is 1. The molecule has 1 aliphatic heterocycles. The molecule has 4 nitrogen and oxygen atoms in total. The van der Waals surface area contributed by atoms with Crippen LogP contribution in [0.3, 0.4) is 0 Å². The minimum Gasteiger partial charge on any atom is -0.469 e. The molecule has 3 atom stereocenters. The summed E-state index contributed by atoms with van der Waals surface area (Å²) in [6.45, 7) is 10.1. The van der Waals surface area contributed by atoms with Crippen LogP contribution in [0.5, 0.6) is 0 Å². The van der Waals surface area contributed by atoms with E-state index >= 15 is 0 Å². The van der Waals surface area contributed by atoms with Gasteiger partial charge in [0.15, 0.2) is 0 Å². The number of β-amino-alcohol motifs (C(OH)–C–C–N with tert-alkyl or cyclic N) is 1. The normalized spacial score (nSPS) is 29.4. The first kappa shape index (κ1) is 14.5. The van der Waals surface area contributed by atoms with E-state index < -0.39 is 5.60 Å². The summed E-state index contributed by atoms with van der Waals surface area (Å²) >= 11 is 0. The Hall–Kier alpha value is -0.610. The molecule has 1 aliphatic rings. The van der Waals surface area contributed by atoms with Crippen molar-refractivity contribution in [1.29, 1.82) is 0 Å². The Morgan fingerprint density at radius 2 is 2.12 bits per heavy atom. The Kier molecular flexibility index (Phi) is 4.55. The van der Waals surface area contributed by atoms with E-state index in [0.29, 0.717) is 19.0 Å². The number of ether oxygens (including phenoxy) is 1. The van der Waals surface area contributed by atoms with Crippen molar-refractivity contribution in [3.05, 3.63) is 0 Å². The zero-order chi connectivity index (χ0) is 13.2. The maximum atomic E-state index is 11.6. The van der Waals surface area contributed by atoms with Gasteiger partial charge < -0.3 is 9.84 Å². The third kappa shape index (κ3) is 3.42. The van der Waals surface area contributed by atoms with E-state index in [2.05, 4.69) is 11.8 Å². The van der Waals surface area contributed by atoms with Gasteiger partial charge in [0.25, 0.3) is 0 Å². The Morgan fingerprint density at radius 3 is 2.59 bits per heavy atom. The predicted molar refractivity (Wildman–Crippen MR) is 66.6 cm³/mol. The van der Waals surface area contributed by atoms with Gasteiger partial charge in [-0.2, -0.15) is 0 Å². The van der Waals surface area contributed by atoms with Gasteiger partial charge in [-0.15, -0.1) is 0 Å². The smallest absolute Gasteiger partial charge is 0.310 e. The summed E-state index contributed by atoms with van der Waals surface area (Å²) in [6, 6.07) is 0. The molecule has 0 aromatic rings. The summed E-state index contributed by atoms with van der Waals surface area (Å²) in [5.41, 5.74) is -0.704. The number of aliphatic hydroxyl groups is 1. The van der Waals surface area contributed by atoms with Crippen LogP contribution in [0.2, 0.25) is 0 Å². The highest BCUT2D eigenvalue weighted by Crippen LogP contribution is 2.27. The quantitative estimate of drug-likeness (QED) is 0.752. The van der Waals surface area contributed by atoms with Gasteiger partial charge >= 0.3 is 5.97 Å². The number of carbonyl (C=O) groups is 1.